The van der Waals surface area contributed by atoms with Gasteiger partial charge in [0.15, 0.2) is 0 Å². The van der Waals surface area contributed by atoms with Crippen molar-refractivity contribution >= 4 is 50.9 Å². The minimum absolute atomic E-state index is 0.135. The first-order valence-electron chi connectivity index (χ1n) is 8.72. The summed E-state index contributed by atoms with van der Waals surface area (Å²) in [7, 11) is 0. The van der Waals surface area contributed by atoms with Gasteiger partial charge in [-0.15, -0.1) is 11.8 Å². The molecule has 0 bridgehead atoms. The predicted octanol–water partition coefficient (Wildman–Crippen LogP) is 4.94. The summed E-state index contributed by atoms with van der Waals surface area (Å²) in [5.41, 5.74) is 1.44. The molecule has 5 nitrogen and oxygen atoms in total. The van der Waals surface area contributed by atoms with Crippen LogP contribution in [0.4, 0.5) is 11.4 Å². The van der Waals surface area contributed by atoms with Gasteiger partial charge in [0.1, 0.15) is 5.75 Å². The third-order valence-electron chi connectivity index (χ3n) is 3.50. The molecule has 0 radical (unpaired) electrons. The highest BCUT2D eigenvalue weighted by molar-refractivity contribution is 9.10. The minimum atomic E-state index is -0.143. The molecule has 2 rings (SSSR count). The van der Waals surface area contributed by atoms with Crippen molar-refractivity contribution in [3.8, 4) is 5.75 Å². The van der Waals surface area contributed by atoms with Gasteiger partial charge in [0.2, 0.25) is 11.8 Å². The summed E-state index contributed by atoms with van der Waals surface area (Å²) < 4.78 is 6.54. The second-order valence-corrected chi connectivity index (χ2v) is 7.72. The van der Waals surface area contributed by atoms with E-state index in [1.807, 2.05) is 48.5 Å². The summed E-state index contributed by atoms with van der Waals surface area (Å²) in [5, 5.41) is 5.61. The second kappa shape index (κ2) is 11.7. The van der Waals surface area contributed by atoms with E-state index in [0.717, 1.165) is 28.8 Å². The lowest BCUT2D eigenvalue weighted by Gasteiger charge is -2.08. The lowest BCUT2D eigenvalue weighted by Crippen LogP contribution is -2.18. The van der Waals surface area contributed by atoms with Crippen molar-refractivity contribution in [2.75, 3.05) is 28.7 Å². The van der Waals surface area contributed by atoms with E-state index in [9.17, 15) is 9.59 Å². The molecule has 144 valence electrons. The van der Waals surface area contributed by atoms with Crippen LogP contribution in [0.15, 0.2) is 53.0 Å². The lowest BCUT2D eigenvalue weighted by atomic mass is 10.3. The fraction of sp³-hybridized carbons (Fsp3) is 0.300. The Kier molecular flexibility index (Phi) is 9.21. The molecule has 7 heteroatoms. The number of ether oxygens (including phenoxy) is 1. The van der Waals surface area contributed by atoms with Crippen LogP contribution < -0.4 is 15.4 Å². The fourth-order valence-electron chi connectivity index (χ4n) is 2.13. The zero-order valence-corrected chi connectivity index (χ0v) is 17.6. The van der Waals surface area contributed by atoms with Crippen LogP contribution in [-0.4, -0.2) is 29.9 Å². The maximum atomic E-state index is 12.0. The zero-order chi connectivity index (χ0) is 19.5. The van der Waals surface area contributed by atoms with Gasteiger partial charge in [-0.3, -0.25) is 9.59 Å². The Morgan fingerprint density at radius 2 is 1.44 bits per heavy atom. The Labute approximate surface area is 172 Å². The van der Waals surface area contributed by atoms with Crippen molar-refractivity contribution < 1.29 is 14.3 Å². The molecule has 0 atom stereocenters. The van der Waals surface area contributed by atoms with Crippen molar-refractivity contribution in [1.29, 1.82) is 0 Å². The molecule has 0 heterocycles. The zero-order valence-electron chi connectivity index (χ0n) is 15.2. The van der Waals surface area contributed by atoms with E-state index in [2.05, 4.69) is 33.5 Å². The number of hydrogen-bond acceptors (Lipinski definition) is 4. The van der Waals surface area contributed by atoms with Crippen molar-refractivity contribution in [2.45, 2.75) is 19.8 Å². The molecular weight excluding hydrogens is 428 g/mol. The fourth-order valence-corrected chi connectivity index (χ4v) is 3.01. The summed E-state index contributed by atoms with van der Waals surface area (Å²) in [5.74, 6) is 0.941. The van der Waals surface area contributed by atoms with Gasteiger partial charge in [-0.1, -0.05) is 29.3 Å². The van der Waals surface area contributed by atoms with Crippen LogP contribution in [0.2, 0.25) is 0 Å². The summed E-state index contributed by atoms with van der Waals surface area (Å²) >= 11 is 4.62. The first-order chi connectivity index (χ1) is 13.1. The largest absolute Gasteiger partial charge is 0.494 e. The molecule has 2 aromatic carbocycles. The number of amides is 2. The Hall–Kier alpha value is -1.99. The van der Waals surface area contributed by atoms with E-state index in [1.54, 1.807) is 0 Å². The van der Waals surface area contributed by atoms with Crippen molar-refractivity contribution in [1.82, 2.24) is 0 Å². The number of thioether (sulfide) groups is 1. The second-order valence-electron chi connectivity index (χ2n) is 5.82. The van der Waals surface area contributed by atoms with Crippen LogP contribution in [0, 0.1) is 0 Å². The summed E-state index contributed by atoms with van der Waals surface area (Å²) in [6, 6.07) is 14.6. The normalized spacial score (nSPS) is 10.3. The van der Waals surface area contributed by atoms with Crippen molar-refractivity contribution in [2.24, 2.45) is 0 Å². The summed E-state index contributed by atoms with van der Waals surface area (Å²) in [4.78, 5) is 23.9. The molecular formula is C20H23BrN2O3S. The van der Waals surface area contributed by atoms with Gasteiger partial charge >= 0.3 is 0 Å². The number of benzene rings is 2. The Morgan fingerprint density at radius 3 is 1.96 bits per heavy atom. The Bertz CT molecular complexity index is 736. The van der Waals surface area contributed by atoms with Crippen LogP contribution in [-0.2, 0) is 9.59 Å². The maximum absolute atomic E-state index is 12.0. The molecule has 0 unspecified atom stereocenters. The molecule has 0 aliphatic rings. The monoisotopic (exact) mass is 450 g/mol. The van der Waals surface area contributed by atoms with Gasteiger partial charge in [0.25, 0.3) is 0 Å². The number of rotatable bonds is 10. The van der Waals surface area contributed by atoms with Gasteiger partial charge < -0.3 is 15.4 Å². The molecule has 0 aromatic heterocycles. The van der Waals surface area contributed by atoms with Crippen LogP contribution >= 0.6 is 27.7 Å². The molecule has 2 amide bonds. The topological polar surface area (TPSA) is 67.4 Å². The SMILES string of the molecule is CCCCOc1ccc(NC(=O)CSCC(=O)Nc2ccc(Br)cc2)cc1. The van der Waals surface area contributed by atoms with Gasteiger partial charge in [-0.25, -0.2) is 0 Å². The van der Waals surface area contributed by atoms with Crippen molar-refractivity contribution in [3.63, 3.8) is 0 Å². The number of anilines is 2. The molecule has 0 fully saturated rings. The average molecular weight is 451 g/mol. The summed E-state index contributed by atoms with van der Waals surface area (Å²) in [6.45, 7) is 2.81. The lowest BCUT2D eigenvalue weighted by molar-refractivity contribution is -0.114. The van der Waals surface area contributed by atoms with E-state index in [0.29, 0.717) is 12.3 Å². The third-order valence-corrected chi connectivity index (χ3v) is 4.96. The number of carbonyl (C=O) groups is 2. The van der Waals surface area contributed by atoms with Crippen LogP contribution in [0.3, 0.4) is 0 Å². The summed E-state index contributed by atoms with van der Waals surface area (Å²) in [6.07, 6.45) is 2.11. The molecule has 0 saturated carbocycles. The van der Waals surface area contributed by atoms with E-state index in [4.69, 9.17) is 4.74 Å². The van der Waals surface area contributed by atoms with E-state index < -0.39 is 0 Å². The van der Waals surface area contributed by atoms with E-state index >= 15 is 0 Å². The number of nitrogens with one attached hydrogen (secondary N) is 2. The number of unbranched alkanes of at least 4 members (excludes halogenated alkanes) is 1. The highest BCUT2D eigenvalue weighted by Gasteiger charge is 2.07. The standard InChI is InChI=1S/C20H23BrN2O3S/c1-2-3-12-26-18-10-8-17(9-11-18)23-20(25)14-27-13-19(24)22-16-6-4-15(21)5-7-16/h4-11H,2-3,12-14H2,1H3,(H,22,24)(H,23,25). The highest BCUT2D eigenvalue weighted by Crippen LogP contribution is 2.17. The Morgan fingerprint density at radius 1 is 0.926 bits per heavy atom. The van der Waals surface area contributed by atoms with Crippen LogP contribution in [0.1, 0.15) is 19.8 Å². The quantitative estimate of drug-likeness (QED) is 0.503. The minimum Gasteiger partial charge on any atom is -0.494 e. The first-order valence-corrected chi connectivity index (χ1v) is 10.7. The molecule has 0 spiro atoms. The number of hydrogen-bond donors (Lipinski definition) is 2. The van der Waals surface area contributed by atoms with Gasteiger partial charge in [-0.05, 0) is 55.0 Å². The molecule has 2 N–H and O–H groups in total. The van der Waals surface area contributed by atoms with E-state index in [-0.39, 0.29) is 23.3 Å². The first kappa shape index (κ1) is 21.3. The maximum Gasteiger partial charge on any atom is 0.234 e. The van der Waals surface area contributed by atoms with Gasteiger partial charge in [0, 0.05) is 15.8 Å². The smallest absolute Gasteiger partial charge is 0.234 e. The predicted molar refractivity (Wildman–Crippen MR) is 116 cm³/mol. The molecule has 27 heavy (non-hydrogen) atoms. The third kappa shape index (κ3) is 8.49. The molecule has 2 aromatic rings. The van der Waals surface area contributed by atoms with Gasteiger partial charge in [-0.2, -0.15) is 0 Å². The number of carbonyl (C=O) groups excluding carboxylic acids is 2. The average Bonchev–Trinajstić information content (AvgIpc) is 2.65. The highest BCUT2D eigenvalue weighted by atomic mass is 79.9. The molecule has 0 aliphatic heterocycles. The van der Waals surface area contributed by atoms with Crippen molar-refractivity contribution in [3.05, 3.63) is 53.0 Å². The van der Waals surface area contributed by atoms with E-state index in [1.165, 1.54) is 11.8 Å². The Balaban J connectivity index is 1.66. The van der Waals surface area contributed by atoms with Gasteiger partial charge in [0.05, 0.1) is 18.1 Å². The molecule has 0 saturated heterocycles. The van der Waals surface area contributed by atoms with Crippen LogP contribution in [0.25, 0.3) is 0 Å². The molecule has 0 aliphatic carbocycles. The number of halogens is 1. The van der Waals surface area contributed by atoms with Crippen LogP contribution in [0.5, 0.6) is 5.75 Å².